The number of carbonyl (C=O) groups excluding carboxylic acids is 5. The zero-order valence-electron chi connectivity index (χ0n) is 34.0. The summed E-state index contributed by atoms with van der Waals surface area (Å²) in [6.07, 6.45) is 10.6. The van der Waals surface area contributed by atoms with E-state index in [9.17, 15) is 36.9 Å². The summed E-state index contributed by atoms with van der Waals surface area (Å²) in [7, 11) is 1.59. The second-order valence-electron chi connectivity index (χ2n) is 16.4. The van der Waals surface area contributed by atoms with Crippen LogP contribution in [0.4, 0.5) is 8.63 Å². The Bertz CT molecular complexity index is 1900. The predicted octanol–water partition coefficient (Wildman–Crippen LogP) is 5.05. The Morgan fingerprint density at radius 1 is 0.930 bits per heavy atom. The van der Waals surface area contributed by atoms with Crippen LogP contribution in [-0.4, -0.2) is 113 Å². The molecule has 3 aliphatic rings. The van der Waals surface area contributed by atoms with Crippen molar-refractivity contribution >= 4 is 58.3 Å². The number of carbonyl (C=O) groups is 5. The van der Waals surface area contributed by atoms with E-state index in [0.29, 0.717) is 41.4 Å². The van der Waals surface area contributed by atoms with E-state index in [-0.39, 0.29) is 57.1 Å². The van der Waals surface area contributed by atoms with Crippen LogP contribution in [0, 0.1) is 6.92 Å². The molecule has 18 heteroatoms. The Morgan fingerprint density at radius 2 is 1.58 bits per heavy atom. The van der Waals surface area contributed by atoms with Gasteiger partial charge in [0.05, 0.1) is 27.7 Å². The molecule has 1 saturated heterocycles. The van der Waals surface area contributed by atoms with Gasteiger partial charge in [-0.1, -0.05) is 39.0 Å². The smallest absolute Gasteiger partial charge is 0.394 e. The summed E-state index contributed by atoms with van der Waals surface area (Å²) in [5.41, 5.74) is 3.27. The standard InChI is InChI=1S/C39H58BF2N5O9S/c1-6-7-8-9-11-15-30-25-31(45-34(30)26-33-29(16-14-23-47(3,4)5)24-28(2)44(33)40(45,41)42)19-20-36(49)43-32(27-57(53,54)55)35(48)17-12-10-13-18-39(52)56-46-37(50)21-22-38(46)51/h24-26,32H,6-23,27H2,1-5H3,(H-,43,49,53,54,55)/p+1. The van der Waals surface area contributed by atoms with Gasteiger partial charge in [0.15, 0.2) is 11.5 Å². The molecule has 4 rings (SSSR count). The molecule has 1 aromatic heterocycles. The number of halogens is 2. The minimum Gasteiger partial charge on any atom is -0.394 e. The van der Waals surface area contributed by atoms with E-state index in [4.69, 9.17) is 4.84 Å². The Balaban J connectivity index is 1.43. The van der Waals surface area contributed by atoms with E-state index in [0.717, 1.165) is 69.7 Å². The normalized spacial score (nSPS) is 17.0. The third-order valence-corrected chi connectivity index (χ3v) is 11.3. The van der Waals surface area contributed by atoms with Gasteiger partial charge in [-0.2, -0.15) is 8.42 Å². The first-order chi connectivity index (χ1) is 26.7. The lowest BCUT2D eigenvalue weighted by Gasteiger charge is -2.31. The minimum atomic E-state index is -4.70. The number of quaternary nitrogens is 1. The summed E-state index contributed by atoms with van der Waals surface area (Å²) in [6.45, 7) is 0.359. The number of hydrogen-bond acceptors (Lipinski definition) is 8. The van der Waals surface area contributed by atoms with Crippen molar-refractivity contribution in [2.24, 2.45) is 0 Å². The molecule has 0 spiro atoms. The Kier molecular flexibility index (Phi) is 15.7. The van der Waals surface area contributed by atoms with Crippen LogP contribution in [-0.2, 0) is 45.3 Å². The van der Waals surface area contributed by atoms with Crippen LogP contribution in [0.25, 0.3) is 6.08 Å². The van der Waals surface area contributed by atoms with Crippen molar-refractivity contribution in [3.8, 4) is 0 Å². The lowest BCUT2D eigenvalue weighted by Crippen LogP contribution is -2.51. The third-order valence-electron chi connectivity index (χ3n) is 10.5. The molecular weight excluding hydrogens is 763 g/mol. The van der Waals surface area contributed by atoms with Crippen LogP contribution >= 0.6 is 0 Å². The predicted molar refractivity (Wildman–Crippen MR) is 211 cm³/mol. The van der Waals surface area contributed by atoms with Crippen LogP contribution in [0.15, 0.2) is 23.4 Å². The monoisotopic (exact) mass is 822 g/mol. The highest BCUT2D eigenvalue weighted by atomic mass is 32.2. The number of amides is 3. The molecule has 3 amide bonds. The molecule has 0 radical (unpaired) electrons. The highest BCUT2D eigenvalue weighted by molar-refractivity contribution is 7.85. The van der Waals surface area contributed by atoms with E-state index in [2.05, 4.69) is 33.4 Å². The number of fused-ring (bicyclic) bond motifs is 2. The maximum atomic E-state index is 16.8. The summed E-state index contributed by atoms with van der Waals surface area (Å²) in [4.78, 5) is 66.4. The highest BCUT2D eigenvalue weighted by Gasteiger charge is 2.54. The first kappa shape index (κ1) is 45.7. The molecule has 1 fully saturated rings. The van der Waals surface area contributed by atoms with Crippen LogP contribution < -0.4 is 5.32 Å². The van der Waals surface area contributed by atoms with E-state index < -0.39 is 58.4 Å². The second kappa shape index (κ2) is 19.6. The number of unbranched alkanes of at least 4 members (excludes halogenated alkanes) is 6. The number of nitrogens with one attached hydrogen (secondary N) is 1. The number of hydrogen-bond donors (Lipinski definition) is 2. The average Bonchev–Trinajstić information content (AvgIpc) is 3.74. The second-order valence-corrected chi connectivity index (χ2v) is 17.9. The van der Waals surface area contributed by atoms with Gasteiger partial charge < -0.3 is 32.2 Å². The number of allylic oxidation sites excluding steroid dienone is 2. The zero-order valence-corrected chi connectivity index (χ0v) is 34.8. The number of hydroxylamine groups is 2. The van der Waals surface area contributed by atoms with Crippen LogP contribution in [0.2, 0.25) is 0 Å². The lowest BCUT2D eigenvalue weighted by atomic mass is 9.88. The van der Waals surface area contributed by atoms with Gasteiger partial charge in [0.2, 0.25) is 5.91 Å². The number of rotatable bonds is 24. The summed E-state index contributed by atoms with van der Waals surface area (Å²) >= 11 is 0. The van der Waals surface area contributed by atoms with Gasteiger partial charge in [0, 0.05) is 68.4 Å². The SMILES string of the molecule is CCCCCCCC1=CC(CCC(=O)NC(CS(=O)(=O)O)C(=O)CCCCCC(=O)ON2C(=O)CCC2=O)=[N+]2C1=Cc1c(CCC[N+](C)(C)C)cc(C)n1[B-]2(F)F. The van der Waals surface area contributed by atoms with Crippen LogP contribution in [0.3, 0.4) is 0 Å². The molecule has 1 unspecified atom stereocenters. The van der Waals surface area contributed by atoms with Crippen molar-refractivity contribution in [3.63, 3.8) is 0 Å². The fraction of sp³-hybridized carbons (Fsp3) is 0.641. The van der Waals surface area contributed by atoms with Crippen molar-refractivity contribution in [2.75, 3.05) is 33.4 Å². The van der Waals surface area contributed by atoms with Gasteiger partial charge in [-0.3, -0.25) is 23.7 Å². The topological polar surface area (TPSA) is 172 Å². The third kappa shape index (κ3) is 12.7. The van der Waals surface area contributed by atoms with Crippen molar-refractivity contribution in [2.45, 2.75) is 129 Å². The quantitative estimate of drug-likeness (QED) is 0.0476. The molecule has 1 atom stereocenters. The Labute approximate surface area is 334 Å². The summed E-state index contributed by atoms with van der Waals surface area (Å²) in [6, 6.07) is 0.257. The molecule has 0 aromatic carbocycles. The number of aryl methyl sites for hydroxylation is 2. The molecule has 0 aliphatic carbocycles. The zero-order chi connectivity index (χ0) is 42.1. The first-order valence-electron chi connectivity index (χ1n) is 20.2. The van der Waals surface area contributed by atoms with E-state index in [1.807, 2.05) is 12.1 Å². The van der Waals surface area contributed by atoms with Gasteiger partial charge in [-0.25, -0.2) is 4.79 Å². The number of aromatic nitrogens is 1. The number of nitrogens with zero attached hydrogens (tertiary/aromatic N) is 4. The minimum absolute atomic E-state index is 0.0348. The van der Waals surface area contributed by atoms with Crippen LogP contribution in [0.1, 0.15) is 127 Å². The maximum absolute atomic E-state index is 16.8. The van der Waals surface area contributed by atoms with Crippen LogP contribution in [0.5, 0.6) is 0 Å². The molecule has 2 N–H and O–H groups in total. The molecule has 316 valence electrons. The molecule has 4 heterocycles. The summed E-state index contributed by atoms with van der Waals surface area (Å²) in [5.74, 6) is -4.46. The van der Waals surface area contributed by atoms with Gasteiger partial charge in [-0.15, -0.1) is 5.06 Å². The molecule has 3 aliphatic heterocycles. The summed E-state index contributed by atoms with van der Waals surface area (Å²) in [5, 5.41) is 2.84. The molecule has 57 heavy (non-hydrogen) atoms. The van der Waals surface area contributed by atoms with Gasteiger partial charge in [-0.05, 0) is 56.4 Å². The Hall–Kier alpha value is -4.03. The molecule has 1 aromatic rings. The lowest BCUT2D eigenvalue weighted by molar-refractivity contribution is -0.870. The fourth-order valence-electron chi connectivity index (χ4n) is 7.66. The van der Waals surface area contributed by atoms with Crippen molar-refractivity contribution in [1.82, 2.24) is 14.9 Å². The molecular formula is C39H59BF2N5O9S+. The van der Waals surface area contributed by atoms with Crippen molar-refractivity contribution in [1.29, 1.82) is 0 Å². The molecule has 0 bridgehead atoms. The first-order valence-corrected chi connectivity index (χ1v) is 21.8. The molecule has 0 saturated carbocycles. The average molecular weight is 823 g/mol. The number of ketones is 1. The maximum Gasteiger partial charge on any atom is 0.737 e. The fourth-order valence-corrected chi connectivity index (χ4v) is 8.35. The van der Waals surface area contributed by atoms with Crippen molar-refractivity contribution in [3.05, 3.63) is 40.4 Å². The van der Waals surface area contributed by atoms with Gasteiger partial charge in [0.25, 0.3) is 21.9 Å². The van der Waals surface area contributed by atoms with Crippen molar-refractivity contribution < 1.29 is 59.4 Å². The molecule has 14 nitrogen and oxygen atoms in total. The van der Waals surface area contributed by atoms with E-state index in [1.54, 1.807) is 13.0 Å². The summed E-state index contributed by atoms with van der Waals surface area (Å²) < 4.78 is 69.7. The number of Topliss-reactive ketones (excluding diaryl/α,β-unsaturated/α-hetero) is 1. The highest BCUT2D eigenvalue weighted by Crippen LogP contribution is 2.39. The Morgan fingerprint density at radius 3 is 2.23 bits per heavy atom. The van der Waals surface area contributed by atoms with Gasteiger partial charge >= 0.3 is 12.9 Å². The largest absolute Gasteiger partial charge is 0.737 e. The van der Waals surface area contributed by atoms with Gasteiger partial charge in [0.1, 0.15) is 17.5 Å². The van der Waals surface area contributed by atoms with E-state index >= 15 is 8.63 Å². The number of imide groups is 1. The van der Waals surface area contributed by atoms with E-state index in [1.165, 1.54) is 0 Å².